The summed E-state index contributed by atoms with van der Waals surface area (Å²) in [6.07, 6.45) is 1.03. The smallest absolute Gasteiger partial charge is 0.270 e. The second kappa shape index (κ2) is 10.1. The molecule has 3 rings (SSSR count). The van der Waals surface area contributed by atoms with Crippen molar-refractivity contribution < 1.29 is 23.5 Å². The molecule has 1 saturated heterocycles. The number of amides is 2. The minimum Gasteiger partial charge on any atom is -0.490 e. The molecular weight excluding hydrogens is 451 g/mol. The summed E-state index contributed by atoms with van der Waals surface area (Å²) >= 11 is 6.53. The molecule has 6 nitrogen and oxygen atoms in total. The van der Waals surface area contributed by atoms with Gasteiger partial charge in [0, 0.05) is 14.1 Å². The summed E-state index contributed by atoms with van der Waals surface area (Å²) in [5.74, 6) is 0.0671. The number of carbonyl (C=O) groups excluding carboxylic acids is 2. The molecule has 0 N–H and O–H groups in total. The average Bonchev–Trinajstić information content (AvgIpc) is 3.03. The summed E-state index contributed by atoms with van der Waals surface area (Å²) in [6.45, 7) is 3.92. The monoisotopic (exact) mass is 474 g/mol. The number of hydrogen-bond acceptors (Lipinski definition) is 6. The zero-order chi connectivity index (χ0) is 23.4. The molecule has 0 aliphatic carbocycles. The van der Waals surface area contributed by atoms with Gasteiger partial charge in [-0.25, -0.2) is 4.39 Å². The van der Waals surface area contributed by atoms with Gasteiger partial charge in [0.2, 0.25) is 0 Å². The molecule has 0 radical (unpaired) electrons. The van der Waals surface area contributed by atoms with Crippen LogP contribution in [0.4, 0.5) is 10.1 Å². The van der Waals surface area contributed by atoms with Gasteiger partial charge in [0.15, 0.2) is 21.9 Å². The first-order valence-corrected chi connectivity index (χ1v) is 11.1. The number of likely N-dealkylation sites (N-methyl/N-ethyl adjacent to an activating group) is 1. The van der Waals surface area contributed by atoms with Gasteiger partial charge in [-0.1, -0.05) is 30.0 Å². The van der Waals surface area contributed by atoms with Crippen molar-refractivity contribution in [2.24, 2.45) is 0 Å². The summed E-state index contributed by atoms with van der Waals surface area (Å²) in [5, 5.41) is 0. The minimum atomic E-state index is -0.679. The molecule has 1 heterocycles. The van der Waals surface area contributed by atoms with Gasteiger partial charge in [0.1, 0.15) is 5.82 Å². The van der Waals surface area contributed by atoms with Crippen molar-refractivity contribution in [3.05, 3.63) is 58.8 Å². The molecule has 1 aliphatic rings. The predicted molar refractivity (Wildman–Crippen MR) is 128 cm³/mol. The molecule has 1 aliphatic heterocycles. The fourth-order valence-corrected chi connectivity index (χ4v) is 4.32. The van der Waals surface area contributed by atoms with Crippen LogP contribution < -0.4 is 14.4 Å². The number of rotatable bonds is 7. The van der Waals surface area contributed by atoms with Crippen molar-refractivity contribution in [1.29, 1.82) is 0 Å². The minimum absolute atomic E-state index is 0.166. The van der Waals surface area contributed by atoms with Gasteiger partial charge in [-0.2, -0.15) is 0 Å². The standard InChI is InChI=1S/C23H23FN2O4S2/c1-5-29-19-12-15(6-11-18(19)30-14(2)21(27)25(3)4)13-20-22(28)26(23(31)32-20)17-9-7-16(24)8-10-17/h6-14H,5H2,1-4H3/b20-13-. The Morgan fingerprint density at radius 3 is 2.53 bits per heavy atom. The van der Waals surface area contributed by atoms with Gasteiger partial charge in [-0.05, 0) is 61.9 Å². The van der Waals surface area contributed by atoms with Crippen molar-refractivity contribution in [2.75, 3.05) is 25.6 Å². The average molecular weight is 475 g/mol. The van der Waals surface area contributed by atoms with Gasteiger partial charge in [-0.3, -0.25) is 14.5 Å². The van der Waals surface area contributed by atoms with Crippen LogP contribution >= 0.6 is 24.0 Å². The number of anilines is 1. The Balaban J connectivity index is 1.85. The van der Waals surface area contributed by atoms with Crippen LogP contribution in [0.25, 0.3) is 6.08 Å². The molecule has 9 heteroatoms. The first kappa shape index (κ1) is 23.7. The quantitative estimate of drug-likeness (QED) is 0.436. The molecule has 2 aromatic carbocycles. The number of benzene rings is 2. The molecule has 1 atom stereocenters. The van der Waals surface area contributed by atoms with Gasteiger partial charge in [0.05, 0.1) is 17.2 Å². The van der Waals surface area contributed by atoms with E-state index in [1.54, 1.807) is 45.3 Å². The van der Waals surface area contributed by atoms with Crippen LogP contribution in [0.5, 0.6) is 11.5 Å². The highest BCUT2D eigenvalue weighted by molar-refractivity contribution is 8.27. The predicted octanol–water partition coefficient (Wildman–Crippen LogP) is 4.49. The first-order valence-electron chi connectivity index (χ1n) is 9.89. The highest BCUT2D eigenvalue weighted by Crippen LogP contribution is 2.37. The van der Waals surface area contributed by atoms with Gasteiger partial charge in [-0.15, -0.1) is 0 Å². The summed E-state index contributed by atoms with van der Waals surface area (Å²) in [5.41, 5.74) is 1.22. The van der Waals surface area contributed by atoms with E-state index in [1.807, 2.05) is 6.92 Å². The van der Waals surface area contributed by atoms with Gasteiger partial charge < -0.3 is 14.4 Å². The number of ether oxygens (including phenoxy) is 2. The molecule has 1 fully saturated rings. The van der Waals surface area contributed by atoms with Crippen molar-refractivity contribution in [3.63, 3.8) is 0 Å². The molecule has 2 aromatic rings. The molecule has 2 amide bonds. The fourth-order valence-electron chi connectivity index (χ4n) is 3.02. The van der Waals surface area contributed by atoms with E-state index >= 15 is 0 Å². The van der Waals surface area contributed by atoms with Crippen molar-refractivity contribution in [2.45, 2.75) is 20.0 Å². The third-order valence-electron chi connectivity index (χ3n) is 4.54. The van der Waals surface area contributed by atoms with Crippen LogP contribution in [0, 0.1) is 5.82 Å². The maximum Gasteiger partial charge on any atom is 0.270 e. The number of thioether (sulfide) groups is 1. The van der Waals surface area contributed by atoms with Crippen LogP contribution in [-0.4, -0.2) is 47.8 Å². The van der Waals surface area contributed by atoms with E-state index in [0.717, 1.165) is 0 Å². The number of thiocarbonyl (C=S) groups is 1. The number of carbonyl (C=O) groups is 2. The zero-order valence-electron chi connectivity index (χ0n) is 18.1. The normalized spacial score (nSPS) is 15.8. The summed E-state index contributed by atoms with van der Waals surface area (Å²) in [4.78, 5) is 28.3. The third-order valence-corrected chi connectivity index (χ3v) is 5.84. The van der Waals surface area contributed by atoms with E-state index in [1.165, 1.54) is 45.8 Å². The Bertz CT molecular complexity index is 1070. The maximum atomic E-state index is 13.2. The lowest BCUT2D eigenvalue weighted by atomic mass is 10.1. The SMILES string of the molecule is CCOc1cc(/C=C2\SC(=S)N(c3ccc(F)cc3)C2=O)ccc1OC(C)C(=O)N(C)C. The highest BCUT2D eigenvalue weighted by Gasteiger charge is 2.33. The van der Waals surface area contributed by atoms with Crippen LogP contribution in [0.15, 0.2) is 47.4 Å². The Kier molecular flexibility index (Phi) is 7.52. The second-order valence-electron chi connectivity index (χ2n) is 7.13. The number of hydrogen-bond donors (Lipinski definition) is 0. The molecule has 0 spiro atoms. The lowest BCUT2D eigenvalue weighted by Gasteiger charge is -2.20. The van der Waals surface area contributed by atoms with Crippen LogP contribution in [0.3, 0.4) is 0 Å². The molecule has 0 bridgehead atoms. The van der Waals surface area contributed by atoms with Crippen molar-refractivity contribution in [3.8, 4) is 11.5 Å². The summed E-state index contributed by atoms with van der Waals surface area (Å²) in [6, 6.07) is 10.8. The Morgan fingerprint density at radius 2 is 1.91 bits per heavy atom. The van der Waals surface area contributed by atoms with E-state index in [9.17, 15) is 14.0 Å². The lowest BCUT2D eigenvalue weighted by molar-refractivity contribution is -0.135. The van der Waals surface area contributed by atoms with Crippen LogP contribution in [0.2, 0.25) is 0 Å². The van der Waals surface area contributed by atoms with E-state index in [0.29, 0.717) is 38.6 Å². The molecule has 168 valence electrons. The van der Waals surface area contributed by atoms with Crippen molar-refractivity contribution in [1.82, 2.24) is 4.90 Å². The number of nitrogens with zero attached hydrogens (tertiary/aromatic N) is 2. The van der Waals surface area contributed by atoms with Gasteiger partial charge >= 0.3 is 0 Å². The van der Waals surface area contributed by atoms with Crippen LogP contribution in [0.1, 0.15) is 19.4 Å². The topological polar surface area (TPSA) is 59.1 Å². The number of halogens is 1. The maximum absolute atomic E-state index is 13.2. The summed E-state index contributed by atoms with van der Waals surface area (Å²) < 4.78 is 25.1. The third kappa shape index (κ3) is 5.28. The van der Waals surface area contributed by atoms with E-state index in [-0.39, 0.29) is 17.6 Å². The Hall–Kier alpha value is -2.91. The van der Waals surface area contributed by atoms with E-state index in [4.69, 9.17) is 21.7 Å². The van der Waals surface area contributed by atoms with Crippen molar-refractivity contribution >= 4 is 51.9 Å². The fraction of sp³-hybridized carbons (Fsp3) is 0.261. The van der Waals surface area contributed by atoms with Crippen LogP contribution in [-0.2, 0) is 9.59 Å². The largest absolute Gasteiger partial charge is 0.490 e. The summed E-state index contributed by atoms with van der Waals surface area (Å²) in [7, 11) is 3.33. The molecule has 1 unspecified atom stereocenters. The Labute approximate surface area is 196 Å². The van der Waals surface area contributed by atoms with E-state index in [2.05, 4.69) is 0 Å². The molecule has 0 saturated carbocycles. The lowest BCUT2D eigenvalue weighted by Crippen LogP contribution is -2.35. The first-order chi connectivity index (χ1) is 15.2. The molecule has 32 heavy (non-hydrogen) atoms. The molecule has 0 aromatic heterocycles. The second-order valence-corrected chi connectivity index (χ2v) is 8.80. The van der Waals surface area contributed by atoms with E-state index < -0.39 is 6.10 Å². The molecular formula is C23H23FN2O4S2. The van der Waals surface area contributed by atoms with Gasteiger partial charge in [0.25, 0.3) is 11.8 Å². The zero-order valence-corrected chi connectivity index (χ0v) is 19.8. The Morgan fingerprint density at radius 1 is 1.22 bits per heavy atom. The highest BCUT2D eigenvalue weighted by atomic mass is 32.2.